The van der Waals surface area contributed by atoms with Crippen molar-refractivity contribution in [2.75, 3.05) is 6.61 Å². The number of nitrogens with zero attached hydrogens (tertiary/aromatic N) is 1. The van der Waals surface area contributed by atoms with Crippen LogP contribution in [0.15, 0.2) is 72.8 Å². The lowest BCUT2D eigenvalue weighted by atomic mass is 9.61. The second-order valence-corrected chi connectivity index (χ2v) is 7.44. The largest absolute Gasteiger partial charge is 0.573 e. The van der Waals surface area contributed by atoms with E-state index in [0.29, 0.717) is 16.9 Å². The van der Waals surface area contributed by atoms with Crippen LogP contribution in [0.2, 0.25) is 0 Å². The van der Waals surface area contributed by atoms with Crippen molar-refractivity contribution in [1.82, 2.24) is 4.90 Å². The third-order valence-corrected chi connectivity index (χ3v) is 5.02. The summed E-state index contributed by atoms with van der Waals surface area (Å²) in [7, 11) is 12.4. The predicted octanol–water partition coefficient (Wildman–Crippen LogP) is 4.28. The predicted molar refractivity (Wildman–Crippen MR) is 115 cm³/mol. The maximum atomic E-state index is 13.4. The molecule has 1 amide bonds. The van der Waals surface area contributed by atoms with E-state index in [2.05, 4.69) is 4.74 Å². The van der Waals surface area contributed by atoms with E-state index in [0.717, 1.165) is 5.56 Å². The Morgan fingerprint density at radius 1 is 0.969 bits per heavy atom. The van der Waals surface area contributed by atoms with Gasteiger partial charge in [0.2, 0.25) is 0 Å². The maximum absolute atomic E-state index is 13.4. The fourth-order valence-corrected chi connectivity index (χ4v) is 3.44. The number of alkyl halides is 3. The van der Waals surface area contributed by atoms with Crippen LogP contribution in [0.1, 0.15) is 15.9 Å². The van der Waals surface area contributed by atoms with Crippen LogP contribution in [-0.2, 0) is 6.54 Å². The van der Waals surface area contributed by atoms with Crippen LogP contribution < -0.4 is 9.47 Å². The normalized spacial score (nSPS) is 15.5. The van der Waals surface area contributed by atoms with Crippen LogP contribution >= 0.6 is 0 Å². The molecule has 1 aliphatic heterocycles. The molecule has 0 spiro atoms. The zero-order valence-corrected chi connectivity index (χ0v) is 16.8. The number of benzene rings is 3. The van der Waals surface area contributed by atoms with Crippen LogP contribution in [-0.4, -0.2) is 44.8 Å². The molecule has 9 heteroatoms. The maximum Gasteiger partial charge on any atom is 0.573 e. The molecule has 0 fully saturated rings. The standard InChI is InChI=1S/C23H16B2F3NO3/c24-22(25)14-31-20-11-8-17(16-6-9-18(10-7-16)32-23(26,27)28)12-19(20)21(30)29(22)13-15-4-2-1-3-5-15/h1-12H,13-14H2. The summed E-state index contributed by atoms with van der Waals surface area (Å²) < 4.78 is 46.8. The van der Waals surface area contributed by atoms with Crippen molar-refractivity contribution in [1.29, 1.82) is 0 Å². The van der Waals surface area contributed by atoms with Crippen molar-refractivity contribution in [3.05, 3.63) is 83.9 Å². The molecule has 0 unspecified atom stereocenters. The number of hydrogen-bond acceptors (Lipinski definition) is 3. The van der Waals surface area contributed by atoms with Crippen molar-refractivity contribution in [3.8, 4) is 22.6 Å². The zero-order valence-electron chi connectivity index (χ0n) is 16.8. The Morgan fingerprint density at radius 2 is 1.62 bits per heavy atom. The van der Waals surface area contributed by atoms with E-state index in [1.807, 2.05) is 30.3 Å². The lowest BCUT2D eigenvalue weighted by molar-refractivity contribution is -0.274. The summed E-state index contributed by atoms with van der Waals surface area (Å²) in [5.41, 5.74) is 2.31. The van der Waals surface area contributed by atoms with E-state index < -0.39 is 17.6 Å². The van der Waals surface area contributed by atoms with Gasteiger partial charge in [-0.15, -0.1) is 13.2 Å². The molecule has 0 N–H and O–H groups in total. The highest BCUT2D eigenvalue weighted by atomic mass is 19.4. The molecule has 4 nitrogen and oxygen atoms in total. The first-order chi connectivity index (χ1) is 15.1. The molecule has 0 atom stereocenters. The highest BCUT2D eigenvalue weighted by Gasteiger charge is 2.36. The fraction of sp³-hybridized carbons (Fsp3) is 0.174. The van der Waals surface area contributed by atoms with Crippen molar-refractivity contribution < 1.29 is 27.4 Å². The van der Waals surface area contributed by atoms with Gasteiger partial charge in [0.05, 0.1) is 27.9 Å². The van der Waals surface area contributed by atoms with Gasteiger partial charge >= 0.3 is 6.36 Å². The third-order valence-electron chi connectivity index (χ3n) is 5.02. The average molecular weight is 433 g/mol. The number of halogens is 3. The van der Waals surface area contributed by atoms with E-state index in [9.17, 15) is 18.0 Å². The summed E-state index contributed by atoms with van der Waals surface area (Å²) in [5, 5.41) is -1.54. The van der Waals surface area contributed by atoms with E-state index >= 15 is 0 Å². The molecular weight excluding hydrogens is 417 g/mol. The van der Waals surface area contributed by atoms with Crippen molar-refractivity contribution in [2.45, 2.75) is 18.2 Å². The Labute approximate surface area is 185 Å². The molecule has 0 aliphatic carbocycles. The van der Waals surface area contributed by atoms with Crippen LogP contribution in [0.25, 0.3) is 11.1 Å². The first-order valence-electron chi connectivity index (χ1n) is 9.69. The smallest absolute Gasteiger partial charge is 0.492 e. The van der Waals surface area contributed by atoms with Gasteiger partial charge in [0.25, 0.3) is 5.91 Å². The Balaban J connectivity index is 1.65. The minimum atomic E-state index is -4.77. The van der Waals surface area contributed by atoms with Gasteiger partial charge in [-0.2, -0.15) is 0 Å². The number of hydrogen-bond donors (Lipinski definition) is 0. The van der Waals surface area contributed by atoms with Crippen LogP contribution in [0.4, 0.5) is 13.2 Å². The van der Waals surface area contributed by atoms with E-state index in [-0.39, 0.29) is 24.5 Å². The second-order valence-electron chi connectivity index (χ2n) is 7.44. The number of rotatable bonds is 4. The van der Waals surface area contributed by atoms with Crippen molar-refractivity contribution in [2.24, 2.45) is 0 Å². The molecule has 4 rings (SSSR count). The number of fused-ring (bicyclic) bond motifs is 1. The van der Waals surface area contributed by atoms with Gasteiger partial charge in [-0.25, -0.2) is 0 Å². The topological polar surface area (TPSA) is 38.8 Å². The molecule has 1 heterocycles. The summed E-state index contributed by atoms with van der Waals surface area (Å²) >= 11 is 0. The average Bonchev–Trinajstić information content (AvgIpc) is 2.84. The van der Waals surface area contributed by atoms with Gasteiger partial charge < -0.3 is 14.4 Å². The molecule has 158 valence electrons. The Kier molecular flexibility index (Phi) is 5.67. The first-order valence-corrected chi connectivity index (χ1v) is 9.69. The molecule has 0 saturated heterocycles. The summed E-state index contributed by atoms with van der Waals surface area (Å²) in [5.74, 6) is -0.419. The monoisotopic (exact) mass is 433 g/mol. The van der Waals surface area contributed by atoms with E-state index in [4.69, 9.17) is 20.4 Å². The summed E-state index contributed by atoms with van der Waals surface area (Å²) in [4.78, 5) is 14.7. The lowest BCUT2D eigenvalue weighted by Crippen LogP contribution is -2.55. The van der Waals surface area contributed by atoms with E-state index in [1.54, 1.807) is 18.2 Å². The van der Waals surface area contributed by atoms with Crippen molar-refractivity contribution in [3.63, 3.8) is 0 Å². The van der Waals surface area contributed by atoms with Gasteiger partial charge in [0.15, 0.2) is 0 Å². The summed E-state index contributed by atoms with van der Waals surface area (Å²) in [6, 6.07) is 19.6. The first kappa shape index (κ1) is 21.9. The molecule has 3 aromatic carbocycles. The number of carbonyl (C=O) groups excluding carboxylic acids is 1. The van der Waals surface area contributed by atoms with Crippen LogP contribution in [0, 0.1) is 0 Å². The second kappa shape index (κ2) is 8.30. The molecule has 3 aromatic rings. The summed E-state index contributed by atoms with van der Waals surface area (Å²) in [6.07, 6.45) is -4.77. The highest BCUT2D eigenvalue weighted by molar-refractivity contribution is 6.41. The third kappa shape index (κ3) is 4.77. The molecule has 1 aliphatic rings. The summed E-state index contributed by atoms with van der Waals surface area (Å²) in [6.45, 7) is 0.0740. The van der Waals surface area contributed by atoms with Crippen LogP contribution in [0.3, 0.4) is 0 Å². The quantitative estimate of drug-likeness (QED) is 0.577. The molecular formula is C23H16B2F3NO3. The minimum Gasteiger partial charge on any atom is -0.492 e. The molecule has 0 aromatic heterocycles. The van der Waals surface area contributed by atoms with Gasteiger partial charge in [-0.1, -0.05) is 48.5 Å². The van der Waals surface area contributed by atoms with Crippen LogP contribution in [0.5, 0.6) is 11.5 Å². The van der Waals surface area contributed by atoms with Gasteiger partial charge in [0.1, 0.15) is 11.5 Å². The van der Waals surface area contributed by atoms with E-state index in [1.165, 1.54) is 29.2 Å². The number of carbonyl (C=O) groups is 1. The lowest BCUT2D eigenvalue weighted by Gasteiger charge is -2.37. The SMILES string of the molecule is [B]C1([B])COc2ccc(-c3ccc(OC(F)(F)F)cc3)cc2C(=O)N1Cc1ccccc1. The molecule has 4 radical (unpaired) electrons. The fourth-order valence-electron chi connectivity index (χ4n) is 3.44. The zero-order chi connectivity index (χ0) is 22.9. The Hall–Kier alpha value is -3.35. The Morgan fingerprint density at radius 3 is 2.28 bits per heavy atom. The number of amides is 1. The molecule has 0 bridgehead atoms. The molecule has 32 heavy (non-hydrogen) atoms. The van der Waals surface area contributed by atoms with Gasteiger partial charge in [-0.3, -0.25) is 4.79 Å². The molecule has 0 saturated carbocycles. The highest BCUT2D eigenvalue weighted by Crippen LogP contribution is 2.33. The van der Waals surface area contributed by atoms with Gasteiger partial charge in [0, 0.05) is 6.54 Å². The van der Waals surface area contributed by atoms with Gasteiger partial charge in [-0.05, 0) is 46.3 Å². The number of ether oxygens (including phenoxy) is 2. The Bertz CT molecular complexity index is 1120. The van der Waals surface area contributed by atoms with Crippen molar-refractivity contribution >= 4 is 21.6 Å². The minimum absolute atomic E-state index is 0.110.